The highest BCUT2D eigenvalue weighted by atomic mass is 35.5. The van der Waals surface area contributed by atoms with Crippen LogP contribution in [-0.4, -0.2) is 27.7 Å². The van der Waals surface area contributed by atoms with Gasteiger partial charge in [0.2, 0.25) is 4.77 Å². The molecule has 1 N–H and O–H groups in total. The van der Waals surface area contributed by atoms with E-state index < -0.39 is 0 Å². The van der Waals surface area contributed by atoms with E-state index in [1.54, 1.807) is 18.3 Å². The third kappa shape index (κ3) is 3.21. The maximum absolute atomic E-state index is 5.98. The van der Waals surface area contributed by atoms with Crippen LogP contribution in [0.5, 0.6) is 5.75 Å². The Morgan fingerprint density at radius 1 is 1.58 bits per heavy atom. The fraction of sp³-hybridized carbons (Fsp3) is 0.250. The molecule has 0 atom stereocenters. The SMILES string of the molecule is CCOc1ccc(Cl)cc1/C=N\n1c(C)n[nH]c1=S. The lowest BCUT2D eigenvalue weighted by Crippen LogP contribution is -1.98. The van der Waals surface area contributed by atoms with E-state index in [1.807, 2.05) is 19.9 Å². The van der Waals surface area contributed by atoms with Crippen LogP contribution in [-0.2, 0) is 0 Å². The minimum Gasteiger partial charge on any atom is -0.493 e. The molecule has 0 amide bonds. The van der Waals surface area contributed by atoms with Crippen molar-refractivity contribution in [2.75, 3.05) is 6.61 Å². The quantitative estimate of drug-likeness (QED) is 0.696. The highest BCUT2D eigenvalue weighted by Crippen LogP contribution is 2.21. The van der Waals surface area contributed by atoms with Gasteiger partial charge in [0, 0.05) is 10.6 Å². The van der Waals surface area contributed by atoms with Gasteiger partial charge in [-0.25, -0.2) is 0 Å². The summed E-state index contributed by atoms with van der Waals surface area (Å²) in [5.74, 6) is 1.41. The molecule has 0 aliphatic rings. The van der Waals surface area contributed by atoms with Crippen molar-refractivity contribution in [1.82, 2.24) is 14.9 Å². The Morgan fingerprint density at radius 3 is 3.00 bits per heavy atom. The summed E-state index contributed by atoms with van der Waals surface area (Å²) < 4.78 is 7.49. The zero-order valence-electron chi connectivity index (χ0n) is 10.6. The zero-order valence-corrected chi connectivity index (χ0v) is 12.1. The molecule has 0 spiro atoms. The van der Waals surface area contributed by atoms with Crippen LogP contribution >= 0.6 is 23.8 Å². The van der Waals surface area contributed by atoms with E-state index in [0.717, 1.165) is 11.3 Å². The Hall–Kier alpha value is -1.66. The van der Waals surface area contributed by atoms with E-state index in [4.69, 9.17) is 28.6 Å². The molecule has 0 aliphatic heterocycles. The first-order valence-corrected chi connectivity index (χ1v) is 6.51. The smallest absolute Gasteiger partial charge is 0.216 e. The van der Waals surface area contributed by atoms with Crippen molar-refractivity contribution < 1.29 is 4.74 Å². The molecule has 19 heavy (non-hydrogen) atoms. The first-order valence-electron chi connectivity index (χ1n) is 5.72. The molecule has 0 saturated carbocycles. The van der Waals surface area contributed by atoms with Crippen molar-refractivity contribution in [3.8, 4) is 5.75 Å². The number of rotatable bonds is 4. The van der Waals surface area contributed by atoms with E-state index in [1.165, 1.54) is 4.68 Å². The summed E-state index contributed by atoms with van der Waals surface area (Å²) >= 11 is 11.0. The minimum atomic E-state index is 0.439. The number of nitrogens with zero attached hydrogens (tertiary/aromatic N) is 3. The van der Waals surface area contributed by atoms with Crippen LogP contribution in [0, 0.1) is 11.7 Å². The van der Waals surface area contributed by atoms with Crippen LogP contribution in [0.25, 0.3) is 0 Å². The third-order valence-electron chi connectivity index (χ3n) is 2.40. The maximum Gasteiger partial charge on any atom is 0.216 e. The number of nitrogens with one attached hydrogen (secondary N) is 1. The lowest BCUT2D eigenvalue weighted by molar-refractivity contribution is 0.340. The molecule has 0 unspecified atom stereocenters. The second kappa shape index (κ2) is 5.99. The normalized spacial score (nSPS) is 11.1. The molecule has 2 rings (SSSR count). The molecule has 0 fully saturated rings. The molecule has 1 aromatic heterocycles. The van der Waals surface area contributed by atoms with Gasteiger partial charge in [0.1, 0.15) is 11.6 Å². The van der Waals surface area contributed by atoms with Gasteiger partial charge in [-0.3, -0.25) is 5.10 Å². The number of ether oxygens (including phenoxy) is 1. The summed E-state index contributed by atoms with van der Waals surface area (Å²) in [4.78, 5) is 0. The van der Waals surface area contributed by atoms with Crippen LogP contribution in [0.3, 0.4) is 0 Å². The van der Waals surface area contributed by atoms with Crippen molar-refractivity contribution >= 4 is 30.0 Å². The molecule has 0 aliphatic carbocycles. The highest BCUT2D eigenvalue weighted by molar-refractivity contribution is 7.71. The van der Waals surface area contributed by atoms with Gasteiger partial charge >= 0.3 is 0 Å². The average Bonchev–Trinajstić information content (AvgIpc) is 2.70. The third-order valence-corrected chi connectivity index (χ3v) is 2.90. The number of aromatic amines is 1. The summed E-state index contributed by atoms with van der Waals surface area (Å²) in [6.45, 7) is 4.31. The Balaban J connectivity index is 2.37. The average molecular weight is 297 g/mol. The van der Waals surface area contributed by atoms with E-state index in [-0.39, 0.29) is 0 Å². The van der Waals surface area contributed by atoms with Crippen LogP contribution < -0.4 is 4.74 Å². The summed E-state index contributed by atoms with van der Waals surface area (Å²) in [5, 5.41) is 11.5. The molecular weight excluding hydrogens is 284 g/mol. The molecule has 0 saturated heterocycles. The number of aryl methyl sites for hydroxylation is 1. The van der Waals surface area contributed by atoms with Crippen LogP contribution in [0.15, 0.2) is 23.3 Å². The minimum absolute atomic E-state index is 0.439. The van der Waals surface area contributed by atoms with Crippen molar-refractivity contribution in [3.05, 3.63) is 39.4 Å². The molecule has 1 heterocycles. The number of H-pyrrole nitrogens is 1. The van der Waals surface area contributed by atoms with E-state index >= 15 is 0 Å². The van der Waals surface area contributed by atoms with Crippen LogP contribution in [0.1, 0.15) is 18.3 Å². The Bertz CT molecular complexity index is 662. The molecule has 1 aromatic carbocycles. The van der Waals surface area contributed by atoms with Crippen molar-refractivity contribution in [1.29, 1.82) is 0 Å². The zero-order chi connectivity index (χ0) is 13.8. The lowest BCUT2D eigenvalue weighted by Gasteiger charge is -2.06. The summed E-state index contributed by atoms with van der Waals surface area (Å²) in [7, 11) is 0. The molecule has 5 nitrogen and oxygen atoms in total. The van der Waals surface area contributed by atoms with Crippen molar-refractivity contribution in [3.63, 3.8) is 0 Å². The molecule has 100 valence electrons. The Labute approximate surface area is 120 Å². The van der Waals surface area contributed by atoms with Gasteiger partial charge in [-0.1, -0.05) is 11.6 Å². The van der Waals surface area contributed by atoms with Gasteiger partial charge in [0.15, 0.2) is 0 Å². The second-order valence-corrected chi connectivity index (χ2v) is 4.57. The summed E-state index contributed by atoms with van der Waals surface area (Å²) in [6, 6.07) is 5.38. The number of hydrogen-bond acceptors (Lipinski definition) is 4. The molecule has 7 heteroatoms. The molecule has 0 bridgehead atoms. The fourth-order valence-electron chi connectivity index (χ4n) is 1.53. The first kappa shape index (κ1) is 13.8. The maximum atomic E-state index is 5.98. The first-order chi connectivity index (χ1) is 9.11. The summed E-state index contributed by atoms with van der Waals surface area (Å²) in [6.07, 6.45) is 1.65. The van der Waals surface area contributed by atoms with Gasteiger partial charge in [0.05, 0.1) is 12.8 Å². The fourth-order valence-corrected chi connectivity index (χ4v) is 1.94. The molecule has 2 aromatic rings. The Kier molecular flexibility index (Phi) is 4.34. The van der Waals surface area contributed by atoms with E-state index in [9.17, 15) is 0 Å². The second-order valence-electron chi connectivity index (χ2n) is 3.75. The number of aromatic nitrogens is 3. The standard InChI is InChI=1S/C12H13ClN4OS/c1-3-18-11-5-4-10(13)6-9(11)7-14-17-8(2)15-16-12(17)19/h4-7H,3H2,1-2H3,(H,16,19)/b14-7-. The largest absolute Gasteiger partial charge is 0.493 e. The van der Waals surface area contributed by atoms with Gasteiger partial charge in [-0.05, 0) is 44.3 Å². The Morgan fingerprint density at radius 2 is 2.37 bits per heavy atom. The predicted molar refractivity (Wildman–Crippen MR) is 77.8 cm³/mol. The summed E-state index contributed by atoms with van der Waals surface area (Å²) in [5.41, 5.74) is 0.789. The van der Waals surface area contributed by atoms with Gasteiger partial charge in [-0.15, -0.1) is 0 Å². The molecular formula is C12H13ClN4OS. The van der Waals surface area contributed by atoms with Gasteiger partial charge in [-0.2, -0.15) is 14.9 Å². The molecule has 0 radical (unpaired) electrons. The van der Waals surface area contributed by atoms with E-state index in [2.05, 4.69) is 15.3 Å². The predicted octanol–water partition coefficient (Wildman–Crippen LogP) is 3.18. The van der Waals surface area contributed by atoms with Gasteiger partial charge in [0.25, 0.3) is 0 Å². The number of hydrogen-bond donors (Lipinski definition) is 1. The number of halogens is 1. The van der Waals surface area contributed by atoms with Gasteiger partial charge < -0.3 is 4.74 Å². The van der Waals surface area contributed by atoms with Crippen LogP contribution in [0.2, 0.25) is 5.02 Å². The highest BCUT2D eigenvalue weighted by Gasteiger charge is 2.03. The van der Waals surface area contributed by atoms with Crippen molar-refractivity contribution in [2.45, 2.75) is 13.8 Å². The van der Waals surface area contributed by atoms with E-state index in [0.29, 0.717) is 22.2 Å². The van der Waals surface area contributed by atoms with Crippen molar-refractivity contribution in [2.24, 2.45) is 5.10 Å². The lowest BCUT2D eigenvalue weighted by atomic mass is 10.2. The number of benzene rings is 1. The monoisotopic (exact) mass is 296 g/mol. The topological polar surface area (TPSA) is 55.2 Å². The van der Waals surface area contributed by atoms with Crippen LogP contribution in [0.4, 0.5) is 0 Å².